The third kappa shape index (κ3) is 4.25. The second-order valence-corrected chi connectivity index (χ2v) is 8.20. The Morgan fingerprint density at radius 3 is 2.40 bits per heavy atom. The minimum Gasteiger partial charge on any atom is -0.440 e. The summed E-state index contributed by atoms with van der Waals surface area (Å²) in [6.07, 6.45) is 2.51. The van der Waals surface area contributed by atoms with E-state index in [1.165, 1.54) is 12.1 Å². The first-order valence-corrected chi connectivity index (χ1v) is 10.9. The van der Waals surface area contributed by atoms with Gasteiger partial charge in [0.2, 0.25) is 0 Å². The molecule has 0 radical (unpaired) electrons. The normalized spacial score (nSPS) is 14.4. The van der Waals surface area contributed by atoms with Crippen LogP contribution >= 0.6 is 0 Å². The number of nitrogens with one attached hydrogen (secondary N) is 1. The monoisotopic (exact) mass is 487 g/mol. The zero-order chi connectivity index (χ0) is 24.7. The van der Waals surface area contributed by atoms with Gasteiger partial charge in [-0.1, -0.05) is 0 Å². The van der Waals surface area contributed by atoms with E-state index in [9.17, 15) is 26.7 Å². The Morgan fingerprint density at radius 2 is 1.66 bits per heavy atom. The molecule has 5 nitrogen and oxygen atoms in total. The molecule has 1 aliphatic rings. The van der Waals surface area contributed by atoms with E-state index in [2.05, 4.69) is 10.3 Å². The van der Waals surface area contributed by atoms with Crippen molar-refractivity contribution in [2.24, 2.45) is 0 Å². The molecular weight excluding hydrogens is 469 g/mol. The zero-order valence-electron chi connectivity index (χ0n) is 18.1. The maximum Gasteiger partial charge on any atom is 0.255 e. The predicted octanol–water partition coefficient (Wildman–Crippen LogP) is 5.32. The molecule has 1 N–H and O–H groups in total. The van der Waals surface area contributed by atoms with Gasteiger partial charge < -0.3 is 9.73 Å². The van der Waals surface area contributed by atoms with Gasteiger partial charge in [-0.25, -0.2) is 26.9 Å². The molecule has 1 saturated heterocycles. The lowest BCUT2D eigenvalue weighted by Crippen LogP contribution is -2.26. The number of hydrogen-bond acceptors (Lipinski definition) is 4. The van der Waals surface area contributed by atoms with Crippen LogP contribution < -0.4 is 10.9 Å². The Hall–Kier alpha value is -3.79. The van der Waals surface area contributed by atoms with Crippen molar-refractivity contribution in [1.82, 2.24) is 14.9 Å². The third-order valence-electron chi connectivity index (χ3n) is 5.95. The molecule has 0 aliphatic carbocycles. The average molecular weight is 487 g/mol. The van der Waals surface area contributed by atoms with Crippen molar-refractivity contribution in [3.8, 4) is 28.3 Å². The van der Waals surface area contributed by atoms with Crippen molar-refractivity contribution in [2.45, 2.75) is 18.8 Å². The minimum absolute atomic E-state index is 0.0265. The van der Waals surface area contributed by atoms with Crippen LogP contribution in [0.5, 0.6) is 0 Å². The highest BCUT2D eigenvalue weighted by Crippen LogP contribution is 2.38. The van der Waals surface area contributed by atoms with Gasteiger partial charge in [0, 0.05) is 29.8 Å². The highest BCUT2D eigenvalue weighted by atomic mass is 19.2. The number of oxazole rings is 1. The molecular formula is C25H18F5N3O2. The van der Waals surface area contributed by atoms with E-state index >= 15 is 0 Å². The summed E-state index contributed by atoms with van der Waals surface area (Å²) < 4.78 is 77.5. The van der Waals surface area contributed by atoms with Gasteiger partial charge in [-0.15, -0.1) is 0 Å². The van der Waals surface area contributed by atoms with Crippen LogP contribution in [-0.4, -0.2) is 22.6 Å². The number of benzene rings is 2. The Balaban J connectivity index is 1.71. The van der Waals surface area contributed by atoms with Gasteiger partial charge in [-0.3, -0.25) is 9.36 Å². The lowest BCUT2D eigenvalue weighted by atomic mass is 9.98. The van der Waals surface area contributed by atoms with Gasteiger partial charge in [-0.2, -0.15) is 0 Å². The summed E-state index contributed by atoms with van der Waals surface area (Å²) in [5.41, 5.74) is -1.54. The second kappa shape index (κ2) is 9.10. The summed E-state index contributed by atoms with van der Waals surface area (Å²) in [5, 5.41) is 3.22. The topological polar surface area (TPSA) is 60.1 Å². The lowest BCUT2D eigenvalue weighted by molar-refractivity contribution is 0.378. The third-order valence-corrected chi connectivity index (χ3v) is 5.95. The van der Waals surface area contributed by atoms with E-state index in [1.807, 2.05) is 0 Å². The number of nitrogens with zero attached hydrogens (tertiary/aromatic N) is 2. The number of halogens is 5. The fraction of sp³-hybridized carbons (Fsp3) is 0.200. The molecule has 180 valence electrons. The van der Waals surface area contributed by atoms with E-state index in [0.717, 1.165) is 31.4 Å². The van der Waals surface area contributed by atoms with Gasteiger partial charge in [0.25, 0.3) is 5.56 Å². The Bertz CT molecular complexity index is 1470. The lowest BCUT2D eigenvalue weighted by Gasteiger charge is -2.19. The van der Waals surface area contributed by atoms with Crippen LogP contribution in [0.15, 0.2) is 57.9 Å². The van der Waals surface area contributed by atoms with Crippen LogP contribution in [0.25, 0.3) is 28.3 Å². The van der Waals surface area contributed by atoms with Gasteiger partial charge in [-0.05, 0) is 56.3 Å². The van der Waals surface area contributed by atoms with Crippen LogP contribution in [-0.2, 0) is 0 Å². The van der Waals surface area contributed by atoms with E-state index < -0.39 is 40.3 Å². The van der Waals surface area contributed by atoms with Crippen LogP contribution in [0.3, 0.4) is 0 Å². The van der Waals surface area contributed by atoms with E-state index in [4.69, 9.17) is 4.42 Å². The van der Waals surface area contributed by atoms with E-state index in [-0.39, 0.29) is 28.5 Å². The quantitative estimate of drug-likeness (QED) is 0.313. The van der Waals surface area contributed by atoms with Crippen LogP contribution in [0.1, 0.15) is 24.7 Å². The summed E-state index contributed by atoms with van der Waals surface area (Å²) in [4.78, 5) is 17.0. The molecule has 3 heterocycles. The first-order chi connectivity index (χ1) is 16.8. The van der Waals surface area contributed by atoms with Crippen molar-refractivity contribution < 1.29 is 26.4 Å². The highest BCUT2D eigenvalue weighted by molar-refractivity contribution is 5.77. The molecule has 2 aromatic heterocycles. The van der Waals surface area contributed by atoms with Crippen molar-refractivity contribution in [3.05, 3.63) is 94.0 Å². The molecule has 5 rings (SSSR count). The number of pyridine rings is 1. The minimum atomic E-state index is -1.54. The molecule has 0 spiro atoms. The molecule has 1 fully saturated rings. The van der Waals surface area contributed by atoms with E-state index in [0.29, 0.717) is 41.5 Å². The van der Waals surface area contributed by atoms with Crippen LogP contribution in [0.4, 0.5) is 22.0 Å². The first kappa shape index (κ1) is 23.0. The molecule has 0 unspecified atom stereocenters. The van der Waals surface area contributed by atoms with Gasteiger partial charge in [0.1, 0.15) is 23.0 Å². The molecule has 0 amide bonds. The maximum atomic E-state index is 14.7. The summed E-state index contributed by atoms with van der Waals surface area (Å²) in [7, 11) is 0. The van der Waals surface area contributed by atoms with Crippen molar-refractivity contribution in [2.75, 3.05) is 13.1 Å². The highest BCUT2D eigenvalue weighted by Gasteiger charge is 2.27. The van der Waals surface area contributed by atoms with Gasteiger partial charge >= 0.3 is 0 Å². The molecule has 0 saturated carbocycles. The van der Waals surface area contributed by atoms with Gasteiger partial charge in [0.15, 0.2) is 29.1 Å². The largest absolute Gasteiger partial charge is 0.440 e. The summed E-state index contributed by atoms with van der Waals surface area (Å²) in [6.45, 7) is 1.46. The molecule has 0 atom stereocenters. The molecule has 2 aromatic carbocycles. The van der Waals surface area contributed by atoms with Crippen LogP contribution in [0.2, 0.25) is 0 Å². The Morgan fingerprint density at radius 1 is 0.914 bits per heavy atom. The zero-order valence-corrected chi connectivity index (χ0v) is 18.1. The van der Waals surface area contributed by atoms with Gasteiger partial charge in [0.05, 0.1) is 5.56 Å². The van der Waals surface area contributed by atoms with Crippen molar-refractivity contribution >= 4 is 0 Å². The Labute approximate surface area is 195 Å². The number of rotatable bonds is 4. The summed E-state index contributed by atoms with van der Waals surface area (Å²) in [5.74, 6) is -5.47. The summed E-state index contributed by atoms with van der Waals surface area (Å²) >= 11 is 0. The van der Waals surface area contributed by atoms with Crippen LogP contribution in [0, 0.1) is 29.1 Å². The van der Waals surface area contributed by atoms with E-state index in [1.54, 1.807) is 0 Å². The Kier molecular flexibility index (Phi) is 5.98. The molecule has 35 heavy (non-hydrogen) atoms. The first-order valence-electron chi connectivity index (χ1n) is 10.9. The molecule has 0 bridgehead atoms. The molecule has 4 aromatic rings. The molecule has 1 aliphatic heterocycles. The number of piperidine rings is 1. The second-order valence-electron chi connectivity index (χ2n) is 8.20. The average Bonchev–Trinajstić information content (AvgIpc) is 3.28. The number of hydrogen-bond donors (Lipinski definition) is 1. The summed E-state index contributed by atoms with van der Waals surface area (Å²) in [6, 6.07) is 6.64. The standard InChI is InChI=1S/C25H18F5N3O2/c26-15-2-3-16(19(29)11-15)24-22(32-25(35-24)13-7-9-31-10-8-13)14-1-6-20(34)33(12-14)23-18(28)5-4-17(27)21(23)30/h1-6,11-13,31H,7-10H2. The smallest absolute Gasteiger partial charge is 0.255 e. The fourth-order valence-corrected chi connectivity index (χ4v) is 4.17. The van der Waals surface area contributed by atoms with Crippen molar-refractivity contribution in [1.29, 1.82) is 0 Å². The maximum absolute atomic E-state index is 14.7. The fourth-order valence-electron chi connectivity index (χ4n) is 4.17. The predicted molar refractivity (Wildman–Crippen MR) is 118 cm³/mol. The van der Waals surface area contributed by atoms with Crippen molar-refractivity contribution in [3.63, 3.8) is 0 Å². The SMILES string of the molecule is O=c1ccc(-c2nc(C3CCNCC3)oc2-c2ccc(F)cc2F)cn1-c1c(F)ccc(F)c1F. The molecule has 10 heteroatoms. The number of aromatic nitrogens is 2.